The molecule has 0 radical (unpaired) electrons. The molecule has 2 aliphatic heterocycles. The van der Waals surface area contributed by atoms with Crippen molar-refractivity contribution < 1.29 is 9.84 Å². The van der Waals surface area contributed by atoms with Gasteiger partial charge in [-0.2, -0.15) is 0 Å². The number of ether oxygens (including phenoxy) is 1. The van der Waals surface area contributed by atoms with Crippen LogP contribution in [0.3, 0.4) is 0 Å². The van der Waals surface area contributed by atoms with Gasteiger partial charge >= 0.3 is 0 Å². The van der Waals surface area contributed by atoms with Crippen LogP contribution in [0.1, 0.15) is 25.7 Å². The monoisotopic (exact) mass is 248 g/mol. The number of hydrogen-bond acceptors (Lipinski definition) is 4. The molecule has 1 aromatic carbocycles. The number of aliphatic hydroxyl groups excluding tert-OH is 1. The van der Waals surface area contributed by atoms with Crippen molar-refractivity contribution in [2.75, 3.05) is 17.7 Å². The highest BCUT2D eigenvalue weighted by Gasteiger charge is 2.40. The van der Waals surface area contributed by atoms with Crippen LogP contribution < -0.4 is 15.4 Å². The third kappa shape index (κ3) is 1.81. The molecule has 2 heterocycles. The van der Waals surface area contributed by atoms with E-state index in [-0.39, 0.29) is 6.10 Å². The summed E-state index contributed by atoms with van der Waals surface area (Å²) in [6.07, 6.45) is 3.91. The van der Waals surface area contributed by atoms with Crippen molar-refractivity contribution in [3.8, 4) is 5.75 Å². The van der Waals surface area contributed by atoms with Crippen molar-refractivity contribution in [2.24, 2.45) is 0 Å². The molecule has 2 bridgehead atoms. The van der Waals surface area contributed by atoms with Gasteiger partial charge in [0.1, 0.15) is 5.75 Å². The molecule has 4 nitrogen and oxygen atoms in total. The smallest absolute Gasteiger partial charge is 0.121 e. The minimum Gasteiger partial charge on any atom is -0.497 e. The largest absolute Gasteiger partial charge is 0.497 e. The fourth-order valence-electron chi connectivity index (χ4n) is 3.44. The van der Waals surface area contributed by atoms with Crippen molar-refractivity contribution in [1.82, 2.24) is 0 Å². The molecule has 2 atom stereocenters. The summed E-state index contributed by atoms with van der Waals surface area (Å²) in [7, 11) is 1.65. The second kappa shape index (κ2) is 4.35. The second-order valence-corrected chi connectivity index (χ2v) is 5.34. The summed E-state index contributed by atoms with van der Waals surface area (Å²) in [5, 5.41) is 9.83. The van der Waals surface area contributed by atoms with Gasteiger partial charge in [0.05, 0.1) is 24.6 Å². The zero-order chi connectivity index (χ0) is 12.7. The Bertz CT molecular complexity index is 435. The average molecular weight is 248 g/mol. The molecule has 3 N–H and O–H groups in total. The van der Waals surface area contributed by atoms with E-state index < -0.39 is 0 Å². The molecule has 2 saturated heterocycles. The van der Waals surface area contributed by atoms with Crippen molar-refractivity contribution in [2.45, 2.75) is 43.9 Å². The Kier molecular flexibility index (Phi) is 2.82. The summed E-state index contributed by atoms with van der Waals surface area (Å²) in [6, 6.07) is 6.75. The zero-order valence-corrected chi connectivity index (χ0v) is 10.7. The Balaban J connectivity index is 1.91. The van der Waals surface area contributed by atoms with E-state index in [1.807, 2.05) is 18.2 Å². The fraction of sp³-hybridized carbons (Fsp3) is 0.571. The van der Waals surface area contributed by atoms with E-state index in [9.17, 15) is 5.11 Å². The Morgan fingerprint density at radius 3 is 2.50 bits per heavy atom. The highest BCUT2D eigenvalue weighted by molar-refractivity contribution is 5.71. The van der Waals surface area contributed by atoms with E-state index in [0.717, 1.165) is 42.8 Å². The first-order valence-corrected chi connectivity index (χ1v) is 6.59. The highest BCUT2D eigenvalue weighted by atomic mass is 16.5. The first-order chi connectivity index (χ1) is 8.69. The third-order valence-electron chi connectivity index (χ3n) is 4.22. The van der Waals surface area contributed by atoms with Crippen LogP contribution in [-0.4, -0.2) is 30.4 Å². The molecule has 18 heavy (non-hydrogen) atoms. The minimum absolute atomic E-state index is 0.141. The first-order valence-electron chi connectivity index (χ1n) is 6.59. The molecule has 0 aromatic heterocycles. The molecule has 2 fully saturated rings. The Morgan fingerprint density at radius 2 is 1.94 bits per heavy atom. The summed E-state index contributed by atoms with van der Waals surface area (Å²) in [5.74, 6) is 0.792. The normalized spacial score (nSPS) is 30.6. The van der Waals surface area contributed by atoms with E-state index in [0.29, 0.717) is 12.1 Å². The Labute approximate surface area is 107 Å². The number of aliphatic hydroxyl groups is 1. The quantitative estimate of drug-likeness (QED) is 0.783. The van der Waals surface area contributed by atoms with Crippen LogP contribution in [-0.2, 0) is 0 Å². The van der Waals surface area contributed by atoms with E-state index >= 15 is 0 Å². The topological polar surface area (TPSA) is 58.7 Å². The summed E-state index contributed by atoms with van der Waals surface area (Å²) in [5.41, 5.74) is 7.99. The fourth-order valence-corrected chi connectivity index (χ4v) is 3.44. The van der Waals surface area contributed by atoms with E-state index in [1.165, 1.54) is 0 Å². The van der Waals surface area contributed by atoms with Crippen molar-refractivity contribution >= 4 is 11.4 Å². The zero-order valence-electron chi connectivity index (χ0n) is 10.7. The molecular formula is C14H20N2O2. The van der Waals surface area contributed by atoms with Gasteiger partial charge < -0.3 is 20.5 Å². The predicted molar refractivity (Wildman–Crippen MR) is 71.9 cm³/mol. The standard InChI is InChI=1S/C14H20N2O2/c1-18-12-4-5-14(13(15)8-12)16-9-2-3-10(16)7-11(17)6-9/h4-5,8-11,17H,2-3,6-7,15H2,1H3. The molecule has 4 heteroatoms. The maximum atomic E-state index is 9.83. The van der Waals surface area contributed by atoms with Crippen molar-refractivity contribution in [3.63, 3.8) is 0 Å². The first kappa shape index (κ1) is 11.7. The van der Waals surface area contributed by atoms with Gasteiger partial charge in [-0.1, -0.05) is 0 Å². The van der Waals surface area contributed by atoms with Crippen LogP contribution >= 0.6 is 0 Å². The van der Waals surface area contributed by atoms with Gasteiger partial charge in [-0.25, -0.2) is 0 Å². The van der Waals surface area contributed by atoms with E-state index in [1.54, 1.807) is 7.11 Å². The predicted octanol–water partition coefficient (Wildman–Crippen LogP) is 1.77. The lowest BCUT2D eigenvalue weighted by molar-refractivity contribution is 0.126. The van der Waals surface area contributed by atoms with Gasteiger partial charge in [0.2, 0.25) is 0 Å². The number of rotatable bonds is 2. The van der Waals surface area contributed by atoms with E-state index in [2.05, 4.69) is 4.90 Å². The molecule has 2 unspecified atom stereocenters. The SMILES string of the molecule is COc1ccc(N2C3CCC2CC(O)C3)c(N)c1. The van der Waals surface area contributed by atoms with Crippen LogP contribution in [0.25, 0.3) is 0 Å². The highest BCUT2D eigenvalue weighted by Crippen LogP contribution is 2.42. The molecule has 0 aliphatic carbocycles. The summed E-state index contributed by atoms with van der Waals surface area (Å²) < 4.78 is 5.19. The lowest BCUT2D eigenvalue weighted by Crippen LogP contribution is -2.45. The number of nitrogens with two attached hydrogens (primary N) is 1. The number of nitrogens with zero attached hydrogens (tertiary/aromatic N) is 1. The minimum atomic E-state index is -0.141. The van der Waals surface area contributed by atoms with Crippen LogP contribution in [0, 0.1) is 0 Å². The number of hydrogen-bond donors (Lipinski definition) is 2. The lowest BCUT2D eigenvalue weighted by atomic mass is 9.98. The molecule has 0 saturated carbocycles. The molecule has 3 rings (SSSR count). The number of methoxy groups -OCH3 is 1. The number of benzene rings is 1. The molecule has 1 aromatic rings. The van der Waals surface area contributed by atoms with Gasteiger partial charge in [0, 0.05) is 18.2 Å². The van der Waals surface area contributed by atoms with Gasteiger partial charge in [0.15, 0.2) is 0 Å². The summed E-state index contributed by atoms with van der Waals surface area (Å²) in [4.78, 5) is 2.40. The van der Waals surface area contributed by atoms with Crippen LogP contribution in [0.5, 0.6) is 5.75 Å². The maximum absolute atomic E-state index is 9.83. The van der Waals surface area contributed by atoms with Gasteiger partial charge in [-0.05, 0) is 37.8 Å². The molecule has 2 aliphatic rings. The Morgan fingerprint density at radius 1 is 1.28 bits per heavy atom. The van der Waals surface area contributed by atoms with Crippen LogP contribution in [0.2, 0.25) is 0 Å². The molecule has 98 valence electrons. The van der Waals surface area contributed by atoms with Gasteiger partial charge in [-0.3, -0.25) is 0 Å². The van der Waals surface area contributed by atoms with Gasteiger partial charge in [-0.15, -0.1) is 0 Å². The van der Waals surface area contributed by atoms with Crippen LogP contribution in [0.15, 0.2) is 18.2 Å². The van der Waals surface area contributed by atoms with Crippen molar-refractivity contribution in [1.29, 1.82) is 0 Å². The molecule has 0 spiro atoms. The molecular weight excluding hydrogens is 228 g/mol. The maximum Gasteiger partial charge on any atom is 0.121 e. The second-order valence-electron chi connectivity index (χ2n) is 5.34. The number of piperidine rings is 1. The molecule has 0 amide bonds. The number of anilines is 2. The van der Waals surface area contributed by atoms with Crippen molar-refractivity contribution in [3.05, 3.63) is 18.2 Å². The lowest BCUT2D eigenvalue weighted by Gasteiger charge is -2.39. The summed E-state index contributed by atoms with van der Waals surface area (Å²) in [6.45, 7) is 0. The van der Waals surface area contributed by atoms with Crippen LogP contribution in [0.4, 0.5) is 11.4 Å². The number of nitrogen functional groups attached to an aromatic ring is 1. The van der Waals surface area contributed by atoms with Gasteiger partial charge in [0.25, 0.3) is 0 Å². The number of fused-ring (bicyclic) bond motifs is 2. The summed E-state index contributed by atoms with van der Waals surface area (Å²) >= 11 is 0. The Hall–Kier alpha value is -1.42. The average Bonchev–Trinajstić information content (AvgIpc) is 2.61. The third-order valence-corrected chi connectivity index (χ3v) is 4.22. The van der Waals surface area contributed by atoms with E-state index in [4.69, 9.17) is 10.5 Å².